The summed E-state index contributed by atoms with van der Waals surface area (Å²) in [7, 11) is 0. The number of amides is 1. The molecule has 0 spiro atoms. The molecule has 1 aromatic rings. The molecule has 2 nitrogen and oxygen atoms in total. The van der Waals surface area contributed by atoms with Gasteiger partial charge in [0.15, 0.2) is 0 Å². The van der Waals surface area contributed by atoms with Crippen LogP contribution in [0.3, 0.4) is 0 Å². The summed E-state index contributed by atoms with van der Waals surface area (Å²) in [5.74, 6) is -0.864. The molecule has 1 rings (SSSR count). The van der Waals surface area contributed by atoms with Gasteiger partial charge in [-0.2, -0.15) is 26.3 Å². The molecule has 1 atom stereocenters. The van der Waals surface area contributed by atoms with Crippen molar-refractivity contribution in [2.45, 2.75) is 45.5 Å². The van der Waals surface area contributed by atoms with Crippen LogP contribution in [0.2, 0.25) is 0 Å². The largest absolute Gasteiger partial charge is 0.416 e. The second-order valence-electron chi connectivity index (χ2n) is 5.75. The number of hydrogen-bond acceptors (Lipinski definition) is 1. The summed E-state index contributed by atoms with van der Waals surface area (Å²) >= 11 is 0. The van der Waals surface area contributed by atoms with Crippen LogP contribution in [-0.2, 0) is 12.4 Å². The molecule has 0 saturated carbocycles. The van der Waals surface area contributed by atoms with E-state index in [1.165, 1.54) is 0 Å². The normalized spacial score (nSPS) is 13.7. The lowest BCUT2D eigenvalue weighted by Crippen LogP contribution is -2.29. The van der Waals surface area contributed by atoms with Gasteiger partial charge in [-0.3, -0.25) is 4.79 Å². The predicted octanol–water partition coefficient (Wildman–Crippen LogP) is 5.28. The van der Waals surface area contributed by atoms with Crippen molar-refractivity contribution in [3.63, 3.8) is 0 Å². The van der Waals surface area contributed by atoms with E-state index in [1.54, 1.807) is 0 Å². The summed E-state index contributed by atoms with van der Waals surface area (Å²) in [5.41, 5.74) is -3.65. The average molecular weight is 355 g/mol. The van der Waals surface area contributed by atoms with Crippen molar-refractivity contribution in [1.82, 2.24) is 5.32 Å². The van der Waals surface area contributed by atoms with Crippen molar-refractivity contribution in [2.24, 2.45) is 5.92 Å². The average Bonchev–Trinajstić information content (AvgIpc) is 2.48. The molecule has 0 aliphatic heterocycles. The number of rotatable bonds is 6. The number of halogens is 6. The van der Waals surface area contributed by atoms with E-state index in [4.69, 9.17) is 0 Å². The van der Waals surface area contributed by atoms with E-state index in [0.717, 1.165) is 19.3 Å². The van der Waals surface area contributed by atoms with E-state index in [1.807, 2.05) is 13.8 Å². The maximum absolute atomic E-state index is 12.8. The third-order valence-corrected chi connectivity index (χ3v) is 3.51. The molecule has 136 valence electrons. The number of nitrogens with one attached hydrogen (secondary N) is 1. The molecule has 0 unspecified atom stereocenters. The zero-order valence-electron chi connectivity index (χ0n) is 13.3. The molecule has 0 aromatic heterocycles. The number of unbranched alkanes of at least 4 members (excludes halogenated alkanes) is 1. The van der Waals surface area contributed by atoms with Crippen LogP contribution in [0.1, 0.15) is 54.6 Å². The summed E-state index contributed by atoms with van der Waals surface area (Å²) in [6.07, 6.45) is -7.23. The Balaban J connectivity index is 2.99. The van der Waals surface area contributed by atoms with Crippen LogP contribution in [0, 0.1) is 5.92 Å². The molecule has 1 N–H and O–H groups in total. The van der Waals surface area contributed by atoms with Crippen LogP contribution in [-0.4, -0.2) is 12.5 Å². The molecule has 1 amide bonds. The van der Waals surface area contributed by atoms with Gasteiger partial charge >= 0.3 is 12.4 Å². The Hall–Kier alpha value is -1.73. The van der Waals surface area contributed by atoms with Gasteiger partial charge in [-0.15, -0.1) is 0 Å². The third kappa shape index (κ3) is 6.05. The van der Waals surface area contributed by atoms with Crippen LogP contribution in [0.25, 0.3) is 0 Å². The smallest absolute Gasteiger partial charge is 0.352 e. The topological polar surface area (TPSA) is 29.1 Å². The van der Waals surface area contributed by atoms with Gasteiger partial charge in [0.05, 0.1) is 11.1 Å². The maximum Gasteiger partial charge on any atom is 0.416 e. The molecule has 0 heterocycles. The van der Waals surface area contributed by atoms with E-state index in [9.17, 15) is 31.1 Å². The molecule has 1 aromatic carbocycles. The maximum atomic E-state index is 12.8. The molecule has 0 fully saturated rings. The van der Waals surface area contributed by atoms with Gasteiger partial charge in [-0.25, -0.2) is 0 Å². The van der Waals surface area contributed by atoms with Crippen LogP contribution >= 0.6 is 0 Å². The van der Waals surface area contributed by atoms with Crippen LogP contribution in [0.5, 0.6) is 0 Å². The molecule has 0 aliphatic carbocycles. The fourth-order valence-corrected chi connectivity index (χ4v) is 2.11. The first-order valence-electron chi connectivity index (χ1n) is 7.52. The molecule has 0 saturated heterocycles. The standard InChI is InChI=1S/C16H19F6NO/c1-3-4-5-10(2)9-23-14(24)11-6-12(15(17,18)19)8-13(7-11)16(20,21)22/h6-8,10H,3-5,9H2,1-2H3,(H,23,24)/t10-/m0/s1. The van der Waals surface area contributed by atoms with Crippen LogP contribution in [0.15, 0.2) is 18.2 Å². The first-order chi connectivity index (χ1) is 10.9. The Morgan fingerprint density at radius 2 is 1.54 bits per heavy atom. The Morgan fingerprint density at radius 1 is 1.04 bits per heavy atom. The number of carbonyl (C=O) groups excluding carboxylic acids is 1. The highest BCUT2D eigenvalue weighted by atomic mass is 19.4. The number of alkyl halides is 6. The van der Waals surface area contributed by atoms with Crippen molar-refractivity contribution in [1.29, 1.82) is 0 Å². The highest BCUT2D eigenvalue weighted by Gasteiger charge is 2.37. The highest BCUT2D eigenvalue weighted by molar-refractivity contribution is 5.94. The first kappa shape index (κ1) is 20.3. The van der Waals surface area contributed by atoms with Gasteiger partial charge in [0.25, 0.3) is 5.91 Å². The molecular weight excluding hydrogens is 336 g/mol. The second kappa shape index (κ2) is 7.90. The number of carbonyl (C=O) groups is 1. The van der Waals surface area contributed by atoms with Gasteiger partial charge in [0.1, 0.15) is 0 Å². The van der Waals surface area contributed by atoms with Crippen LogP contribution in [0.4, 0.5) is 26.3 Å². The Bertz CT molecular complexity index is 532. The van der Waals surface area contributed by atoms with E-state index < -0.39 is 35.0 Å². The van der Waals surface area contributed by atoms with E-state index in [0.29, 0.717) is 12.1 Å². The minimum absolute atomic E-state index is 0.000648. The van der Waals surface area contributed by atoms with Gasteiger partial charge < -0.3 is 5.32 Å². The zero-order chi connectivity index (χ0) is 18.5. The molecule has 24 heavy (non-hydrogen) atoms. The van der Waals surface area contributed by atoms with Crippen molar-refractivity contribution in [3.05, 3.63) is 34.9 Å². The fourth-order valence-electron chi connectivity index (χ4n) is 2.11. The van der Waals surface area contributed by atoms with E-state index in [-0.39, 0.29) is 18.5 Å². The monoisotopic (exact) mass is 355 g/mol. The Labute approximate surface area is 136 Å². The molecule has 8 heteroatoms. The molecular formula is C16H19F6NO. The van der Waals surface area contributed by atoms with Crippen molar-refractivity contribution < 1.29 is 31.1 Å². The summed E-state index contributed by atoms with van der Waals surface area (Å²) in [6, 6.07) is 0.864. The lowest BCUT2D eigenvalue weighted by molar-refractivity contribution is -0.143. The van der Waals surface area contributed by atoms with Crippen molar-refractivity contribution >= 4 is 5.91 Å². The van der Waals surface area contributed by atoms with E-state index >= 15 is 0 Å². The number of hydrogen-bond donors (Lipinski definition) is 1. The second-order valence-corrected chi connectivity index (χ2v) is 5.75. The lowest BCUT2D eigenvalue weighted by atomic mass is 10.0. The Morgan fingerprint density at radius 3 is 1.96 bits per heavy atom. The summed E-state index contributed by atoms with van der Waals surface area (Å²) in [4.78, 5) is 11.9. The summed E-state index contributed by atoms with van der Waals surface area (Å²) in [6.45, 7) is 4.03. The molecule has 0 aliphatic rings. The lowest BCUT2D eigenvalue weighted by Gasteiger charge is -2.15. The third-order valence-electron chi connectivity index (χ3n) is 3.51. The quantitative estimate of drug-likeness (QED) is 0.691. The fraction of sp³-hybridized carbons (Fsp3) is 0.562. The highest BCUT2D eigenvalue weighted by Crippen LogP contribution is 2.36. The minimum Gasteiger partial charge on any atom is -0.352 e. The van der Waals surface area contributed by atoms with Gasteiger partial charge in [0.2, 0.25) is 0 Å². The van der Waals surface area contributed by atoms with Crippen molar-refractivity contribution in [2.75, 3.05) is 6.54 Å². The zero-order valence-corrected chi connectivity index (χ0v) is 13.3. The van der Waals surface area contributed by atoms with Gasteiger partial charge in [0, 0.05) is 12.1 Å². The van der Waals surface area contributed by atoms with Gasteiger partial charge in [-0.1, -0.05) is 26.7 Å². The minimum atomic E-state index is -4.97. The molecule has 0 bridgehead atoms. The van der Waals surface area contributed by atoms with E-state index in [2.05, 4.69) is 5.32 Å². The number of benzene rings is 1. The van der Waals surface area contributed by atoms with Crippen molar-refractivity contribution in [3.8, 4) is 0 Å². The SMILES string of the molecule is CCCC[C@H](C)CNC(=O)c1cc(C(F)(F)F)cc(C(F)(F)F)c1. The predicted molar refractivity (Wildman–Crippen MR) is 77.5 cm³/mol. The molecule has 0 radical (unpaired) electrons. The first-order valence-corrected chi connectivity index (χ1v) is 7.52. The van der Waals surface area contributed by atoms with Crippen LogP contribution < -0.4 is 5.32 Å². The van der Waals surface area contributed by atoms with Gasteiger partial charge in [-0.05, 0) is 30.5 Å². The Kier molecular flexibility index (Phi) is 6.68. The summed E-state index contributed by atoms with van der Waals surface area (Å²) in [5, 5.41) is 2.39. The summed E-state index contributed by atoms with van der Waals surface area (Å²) < 4.78 is 76.5.